The molecule has 0 spiro atoms. The van der Waals surface area contributed by atoms with Gasteiger partial charge in [-0.2, -0.15) is 0 Å². The molecule has 104 valence electrons. The Balaban J connectivity index is 2.29. The minimum atomic E-state index is -0.834. The van der Waals surface area contributed by atoms with Crippen molar-refractivity contribution in [3.8, 4) is 0 Å². The number of rotatable bonds is 4. The van der Waals surface area contributed by atoms with E-state index in [0.717, 1.165) is 9.37 Å². The Morgan fingerprint density at radius 2 is 1.85 bits per heavy atom. The molecular weight excluding hydrogens is 346 g/mol. The number of carbonyl (C=O) groups excluding carboxylic acids is 1. The standard InChI is InChI=1S/C12H10BrN3O3S/c13-6-1-3-7(4-2-6)20-5-8-9(10(14)17)15-12(19)16-11(8)18/h1-4H,5H2,(H2,14,17)(H2,15,16,18,19). The van der Waals surface area contributed by atoms with Gasteiger partial charge in [0.2, 0.25) is 0 Å². The molecule has 0 saturated heterocycles. The number of thioether (sulfide) groups is 1. The highest BCUT2D eigenvalue weighted by Crippen LogP contribution is 2.23. The fourth-order valence-electron chi connectivity index (χ4n) is 1.55. The maximum absolute atomic E-state index is 11.7. The van der Waals surface area contributed by atoms with E-state index in [1.807, 2.05) is 24.3 Å². The van der Waals surface area contributed by atoms with Crippen molar-refractivity contribution in [3.05, 3.63) is 60.8 Å². The number of halogens is 1. The smallest absolute Gasteiger partial charge is 0.326 e. The largest absolute Gasteiger partial charge is 0.364 e. The van der Waals surface area contributed by atoms with E-state index in [4.69, 9.17) is 5.73 Å². The predicted molar refractivity (Wildman–Crippen MR) is 79.9 cm³/mol. The first-order valence-corrected chi connectivity index (χ1v) is 7.29. The van der Waals surface area contributed by atoms with E-state index in [1.54, 1.807) is 0 Å². The normalized spacial score (nSPS) is 10.4. The molecule has 1 aromatic heterocycles. The summed E-state index contributed by atoms with van der Waals surface area (Å²) in [4.78, 5) is 39.4. The highest BCUT2D eigenvalue weighted by Gasteiger charge is 2.14. The fraction of sp³-hybridized carbons (Fsp3) is 0.0833. The molecule has 8 heteroatoms. The molecular formula is C12H10BrN3O3S. The average Bonchev–Trinajstić information content (AvgIpc) is 2.38. The number of benzene rings is 1. The molecule has 0 atom stereocenters. The summed E-state index contributed by atoms with van der Waals surface area (Å²) in [5.74, 6) is -0.606. The van der Waals surface area contributed by atoms with Gasteiger partial charge < -0.3 is 10.7 Å². The predicted octanol–water partition coefficient (Wildman–Crippen LogP) is 1.22. The molecule has 0 unspecified atom stereocenters. The van der Waals surface area contributed by atoms with Gasteiger partial charge in [-0.15, -0.1) is 11.8 Å². The van der Waals surface area contributed by atoms with Crippen molar-refractivity contribution in [3.63, 3.8) is 0 Å². The van der Waals surface area contributed by atoms with Gasteiger partial charge in [0.15, 0.2) is 0 Å². The van der Waals surface area contributed by atoms with E-state index in [2.05, 4.69) is 25.9 Å². The van der Waals surface area contributed by atoms with Crippen molar-refractivity contribution < 1.29 is 4.79 Å². The number of nitrogens with two attached hydrogens (primary N) is 1. The number of hydrogen-bond donors (Lipinski definition) is 3. The molecule has 1 aromatic carbocycles. The van der Waals surface area contributed by atoms with Crippen LogP contribution in [0.1, 0.15) is 16.1 Å². The molecule has 6 nitrogen and oxygen atoms in total. The lowest BCUT2D eigenvalue weighted by atomic mass is 10.2. The number of aromatic amines is 2. The Labute approximate surface area is 125 Å². The molecule has 0 aliphatic heterocycles. The Bertz CT molecular complexity index is 752. The number of H-pyrrole nitrogens is 2. The third-order valence-electron chi connectivity index (χ3n) is 2.48. The highest BCUT2D eigenvalue weighted by atomic mass is 79.9. The number of amides is 1. The van der Waals surface area contributed by atoms with Crippen LogP contribution in [0.4, 0.5) is 0 Å². The van der Waals surface area contributed by atoms with Crippen LogP contribution < -0.4 is 17.0 Å². The van der Waals surface area contributed by atoms with Gasteiger partial charge >= 0.3 is 5.69 Å². The van der Waals surface area contributed by atoms with Gasteiger partial charge in [-0.25, -0.2) is 4.79 Å². The van der Waals surface area contributed by atoms with Crippen molar-refractivity contribution in [1.29, 1.82) is 0 Å². The topological polar surface area (TPSA) is 109 Å². The summed E-state index contributed by atoms with van der Waals surface area (Å²) in [5, 5.41) is 0. The third kappa shape index (κ3) is 3.40. The zero-order valence-electron chi connectivity index (χ0n) is 10.1. The monoisotopic (exact) mass is 355 g/mol. The molecule has 1 heterocycles. The van der Waals surface area contributed by atoms with Crippen molar-refractivity contribution in [2.75, 3.05) is 0 Å². The molecule has 1 amide bonds. The van der Waals surface area contributed by atoms with Crippen LogP contribution in [0, 0.1) is 0 Å². The van der Waals surface area contributed by atoms with Gasteiger partial charge in [0.25, 0.3) is 11.5 Å². The lowest BCUT2D eigenvalue weighted by Crippen LogP contribution is -2.31. The highest BCUT2D eigenvalue weighted by molar-refractivity contribution is 9.10. The Morgan fingerprint density at radius 3 is 2.45 bits per heavy atom. The van der Waals surface area contributed by atoms with Crippen molar-refractivity contribution in [2.24, 2.45) is 5.73 Å². The molecule has 0 bridgehead atoms. The number of primary amides is 1. The SMILES string of the molecule is NC(=O)c1[nH]c(=O)[nH]c(=O)c1CSc1ccc(Br)cc1. The first-order valence-electron chi connectivity index (χ1n) is 5.51. The van der Waals surface area contributed by atoms with Gasteiger partial charge in [-0.1, -0.05) is 15.9 Å². The van der Waals surface area contributed by atoms with E-state index in [0.29, 0.717) is 0 Å². The summed E-state index contributed by atoms with van der Waals surface area (Å²) < 4.78 is 0.946. The van der Waals surface area contributed by atoms with Crippen LogP contribution >= 0.6 is 27.7 Å². The van der Waals surface area contributed by atoms with Crippen LogP contribution in [0.2, 0.25) is 0 Å². The lowest BCUT2D eigenvalue weighted by Gasteiger charge is -2.05. The van der Waals surface area contributed by atoms with E-state index < -0.39 is 17.2 Å². The van der Waals surface area contributed by atoms with Crippen LogP contribution in [0.5, 0.6) is 0 Å². The first kappa shape index (κ1) is 14.6. The molecule has 0 aliphatic carbocycles. The Kier molecular flexibility index (Phi) is 4.46. The quantitative estimate of drug-likeness (QED) is 0.716. The molecule has 0 radical (unpaired) electrons. The summed E-state index contributed by atoms with van der Waals surface area (Å²) in [6, 6.07) is 7.49. The number of aromatic nitrogens is 2. The van der Waals surface area contributed by atoms with E-state index >= 15 is 0 Å². The van der Waals surface area contributed by atoms with Gasteiger partial charge in [-0.3, -0.25) is 14.6 Å². The zero-order valence-corrected chi connectivity index (χ0v) is 12.5. The number of carbonyl (C=O) groups is 1. The molecule has 20 heavy (non-hydrogen) atoms. The summed E-state index contributed by atoms with van der Waals surface area (Å²) in [5.41, 5.74) is 3.82. The van der Waals surface area contributed by atoms with Gasteiger partial charge in [0, 0.05) is 15.1 Å². The molecule has 2 aromatic rings. The maximum atomic E-state index is 11.7. The second kappa shape index (κ2) is 6.10. The van der Waals surface area contributed by atoms with E-state index in [1.165, 1.54) is 11.8 Å². The molecule has 0 fully saturated rings. The molecule has 0 saturated carbocycles. The summed E-state index contributed by atoms with van der Waals surface area (Å²) >= 11 is 4.69. The second-order valence-electron chi connectivity index (χ2n) is 3.87. The van der Waals surface area contributed by atoms with Crippen LogP contribution in [0.25, 0.3) is 0 Å². The van der Waals surface area contributed by atoms with Gasteiger partial charge in [-0.05, 0) is 24.3 Å². The third-order valence-corrected chi connectivity index (χ3v) is 4.05. The van der Waals surface area contributed by atoms with Crippen molar-refractivity contribution >= 4 is 33.6 Å². The molecule has 2 rings (SSSR count). The molecule has 0 aliphatic rings. The van der Waals surface area contributed by atoms with E-state index in [-0.39, 0.29) is 17.0 Å². The first-order chi connectivity index (χ1) is 9.47. The number of hydrogen-bond acceptors (Lipinski definition) is 4. The maximum Gasteiger partial charge on any atom is 0.326 e. The van der Waals surface area contributed by atoms with Crippen molar-refractivity contribution in [1.82, 2.24) is 9.97 Å². The lowest BCUT2D eigenvalue weighted by molar-refractivity contribution is 0.0994. The minimum absolute atomic E-state index is 0.150. The molecule has 4 N–H and O–H groups in total. The zero-order chi connectivity index (χ0) is 14.7. The van der Waals surface area contributed by atoms with Crippen LogP contribution in [0.15, 0.2) is 43.2 Å². The van der Waals surface area contributed by atoms with Crippen LogP contribution in [0.3, 0.4) is 0 Å². The van der Waals surface area contributed by atoms with Crippen LogP contribution in [-0.2, 0) is 5.75 Å². The summed E-state index contributed by atoms with van der Waals surface area (Å²) in [6.07, 6.45) is 0. The fourth-order valence-corrected chi connectivity index (χ4v) is 2.73. The second-order valence-corrected chi connectivity index (χ2v) is 5.83. The summed E-state index contributed by atoms with van der Waals surface area (Å²) in [7, 11) is 0. The van der Waals surface area contributed by atoms with Crippen molar-refractivity contribution in [2.45, 2.75) is 10.6 Å². The number of nitrogens with one attached hydrogen (secondary N) is 2. The average molecular weight is 356 g/mol. The van der Waals surface area contributed by atoms with Gasteiger partial charge in [0.05, 0.1) is 5.56 Å². The van der Waals surface area contributed by atoms with Gasteiger partial charge in [0.1, 0.15) is 5.69 Å². The Morgan fingerprint density at radius 1 is 1.20 bits per heavy atom. The van der Waals surface area contributed by atoms with Crippen LogP contribution in [-0.4, -0.2) is 15.9 Å². The van der Waals surface area contributed by atoms with E-state index in [9.17, 15) is 14.4 Å². The minimum Gasteiger partial charge on any atom is -0.364 e. The summed E-state index contributed by atoms with van der Waals surface area (Å²) in [6.45, 7) is 0. The Hall–Kier alpha value is -1.80.